The van der Waals surface area contributed by atoms with Crippen molar-refractivity contribution in [2.75, 3.05) is 32.8 Å². The fraction of sp³-hybridized carbons (Fsp3) is 0.714. The molecule has 2 heterocycles. The van der Waals surface area contributed by atoms with E-state index >= 15 is 0 Å². The van der Waals surface area contributed by atoms with Crippen LogP contribution in [0.15, 0.2) is 15.3 Å². The van der Waals surface area contributed by atoms with Crippen LogP contribution in [0, 0.1) is 12.8 Å². The van der Waals surface area contributed by atoms with Crippen LogP contribution in [-0.2, 0) is 0 Å². The summed E-state index contributed by atoms with van der Waals surface area (Å²) < 4.78 is 5.50. The summed E-state index contributed by atoms with van der Waals surface area (Å²) in [6.45, 7) is 9.11. The van der Waals surface area contributed by atoms with E-state index in [1.165, 1.54) is 6.42 Å². The molecular weight excluding hydrogens is 344 g/mol. The van der Waals surface area contributed by atoms with Crippen LogP contribution in [0.5, 0.6) is 0 Å². The zero-order valence-electron chi connectivity index (χ0n) is 16.7. The van der Waals surface area contributed by atoms with Gasteiger partial charge in [-0.2, -0.15) is 0 Å². The van der Waals surface area contributed by atoms with Crippen molar-refractivity contribution < 1.29 is 14.3 Å². The molecule has 1 aliphatic heterocycles. The topological polar surface area (TPSA) is 74.0 Å². The first-order chi connectivity index (χ1) is 12.9. The van der Waals surface area contributed by atoms with Crippen molar-refractivity contribution in [2.45, 2.75) is 58.4 Å². The molecule has 0 aromatic carbocycles. The molecule has 150 valence electrons. The molecule has 2 aliphatic rings. The van der Waals surface area contributed by atoms with E-state index in [0.717, 1.165) is 31.7 Å². The first-order valence-corrected chi connectivity index (χ1v) is 10.2. The molecule has 0 spiro atoms. The number of hydrogen-bond acceptors (Lipinski definition) is 5. The van der Waals surface area contributed by atoms with Gasteiger partial charge in [0.15, 0.2) is 0 Å². The summed E-state index contributed by atoms with van der Waals surface area (Å²) in [4.78, 5) is 29.7. The van der Waals surface area contributed by atoms with Gasteiger partial charge in [-0.1, -0.05) is 20.3 Å². The van der Waals surface area contributed by atoms with Crippen molar-refractivity contribution >= 4 is 5.91 Å². The molecule has 0 radical (unpaired) electrons. The van der Waals surface area contributed by atoms with Crippen molar-refractivity contribution in [1.82, 2.24) is 9.80 Å². The average Bonchev–Trinajstić information content (AvgIpc) is 2.54. The van der Waals surface area contributed by atoms with Crippen LogP contribution < -0.4 is 5.63 Å². The molecule has 1 amide bonds. The Morgan fingerprint density at radius 2 is 2.07 bits per heavy atom. The lowest BCUT2D eigenvalue weighted by molar-refractivity contribution is 0.0380. The maximum absolute atomic E-state index is 13.1. The molecule has 1 atom stereocenters. The summed E-state index contributed by atoms with van der Waals surface area (Å²) in [5.74, 6) is 1.34. The van der Waals surface area contributed by atoms with Crippen molar-refractivity contribution in [3.05, 3.63) is 33.4 Å². The van der Waals surface area contributed by atoms with Crippen LogP contribution in [0.2, 0.25) is 0 Å². The Morgan fingerprint density at radius 1 is 1.33 bits per heavy atom. The van der Waals surface area contributed by atoms with Crippen LogP contribution >= 0.6 is 0 Å². The molecule has 1 unspecified atom stereocenters. The molecular formula is C21H32N2O4. The Kier molecular flexibility index (Phi) is 6.37. The van der Waals surface area contributed by atoms with E-state index < -0.39 is 5.63 Å². The molecule has 6 heteroatoms. The normalized spacial score (nSPS) is 21.5. The summed E-state index contributed by atoms with van der Waals surface area (Å²) in [5.41, 5.74) is 0.366. The van der Waals surface area contributed by atoms with Gasteiger partial charge in [-0.15, -0.1) is 0 Å². The Balaban J connectivity index is 1.76. The number of hydrogen-bond donors (Lipinski definition) is 1. The molecule has 1 aromatic rings. The minimum atomic E-state index is -0.509. The second-order valence-electron chi connectivity index (χ2n) is 8.43. The summed E-state index contributed by atoms with van der Waals surface area (Å²) >= 11 is 0. The van der Waals surface area contributed by atoms with E-state index in [1.54, 1.807) is 4.90 Å². The molecule has 1 N–H and O–H groups in total. The number of aliphatic hydroxyl groups excluding tert-OH is 1. The van der Waals surface area contributed by atoms with Crippen LogP contribution in [0.3, 0.4) is 0 Å². The molecule has 1 aliphatic carbocycles. The fourth-order valence-electron chi connectivity index (χ4n) is 4.15. The van der Waals surface area contributed by atoms with Gasteiger partial charge < -0.3 is 14.4 Å². The van der Waals surface area contributed by atoms with E-state index in [2.05, 4.69) is 18.7 Å². The third-order valence-corrected chi connectivity index (χ3v) is 5.84. The van der Waals surface area contributed by atoms with Crippen LogP contribution in [0.25, 0.3) is 0 Å². The largest absolute Gasteiger partial charge is 0.427 e. The number of aryl methyl sites for hydroxylation is 1. The average molecular weight is 376 g/mol. The van der Waals surface area contributed by atoms with Gasteiger partial charge in [0.05, 0.1) is 0 Å². The zero-order chi connectivity index (χ0) is 19.6. The van der Waals surface area contributed by atoms with Crippen LogP contribution in [0.1, 0.15) is 67.1 Å². The Morgan fingerprint density at radius 3 is 2.63 bits per heavy atom. The number of nitrogens with zero attached hydrogens (tertiary/aromatic N) is 2. The second-order valence-corrected chi connectivity index (χ2v) is 8.43. The summed E-state index contributed by atoms with van der Waals surface area (Å²) in [6.07, 6.45) is 3.90. The van der Waals surface area contributed by atoms with E-state index in [4.69, 9.17) is 4.42 Å². The standard InChI is InChI=1S/C21H32N2O4/c1-14(2)12-22-8-9-23(13-17(22)7-10-24)20(25)19-15(3)11-18(27-21(19)26)16-5-4-6-16/h11,14,16-17,24H,4-10,12-13H2,1-3H3. The minimum absolute atomic E-state index is 0.0958. The van der Waals surface area contributed by atoms with Crippen molar-refractivity contribution in [3.8, 4) is 0 Å². The van der Waals surface area contributed by atoms with Gasteiger partial charge in [0.1, 0.15) is 11.3 Å². The summed E-state index contributed by atoms with van der Waals surface area (Å²) in [6, 6.07) is 2.00. The van der Waals surface area contributed by atoms with Gasteiger partial charge in [0, 0.05) is 44.7 Å². The van der Waals surface area contributed by atoms with E-state index in [9.17, 15) is 14.7 Å². The van der Waals surface area contributed by atoms with Gasteiger partial charge in [-0.05, 0) is 43.7 Å². The van der Waals surface area contributed by atoms with E-state index in [0.29, 0.717) is 36.9 Å². The Hall–Kier alpha value is -1.66. The second kappa shape index (κ2) is 8.57. The van der Waals surface area contributed by atoms with E-state index in [1.807, 2.05) is 13.0 Å². The SMILES string of the molecule is Cc1cc(C2CCC2)oc(=O)c1C(=O)N1CCN(CC(C)C)C(CCO)C1. The first-order valence-electron chi connectivity index (χ1n) is 10.2. The molecule has 1 aromatic heterocycles. The molecule has 6 nitrogen and oxygen atoms in total. The van der Waals surface area contributed by atoms with Crippen LogP contribution in [-0.4, -0.2) is 59.6 Å². The number of piperazine rings is 1. The smallest absolute Gasteiger partial charge is 0.349 e. The number of carbonyl (C=O) groups is 1. The highest BCUT2D eigenvalue weighted by Crippen LogP contribution is 2.36. The number of rotatable bonds is 6. The van der Waals surface area contributed by atoms with Crippen LogP contribution in [0.4, 0.5) is 0 Å². The monoisotopic (exact) mass is 376 g/mol. The van der Waals surface area contributed by atoms with Gasteiger partial charge in [0.25, 0.3) is 5.91 Å². The third kappa shape index (κ3) is 4.43. The molecule has 3 rings (SSSR count). The Bertz CT molecular complexity index is 723. The minimum Gasteiger partial charge on any atom is -0.427 e. The molecule has 27 heavy (non-hydrogen) atoms. The fourth-order valence-corrected chi connectivity index (χ4v) is 4.15. The maximum atomic E-state index is 13.1. The predicted molar refractivity (Wildman–Crippen MR) is 104 cm³/mol. The highest BCUT2D eigenvalue weighted by Gasteiger charge is 2.32. The van der Waals surface area contributed by atoms with Gasteiger partial charge in [-0.25, -0.2) is 4.79 Å². The molecule has 2 fully saturated rings. The van der Waals surface area contributed by atoms with Gasteiger partial charge in [-0.3, -0.25) is 9.69 Å². The number of aliphatic hydroxyl groups is 1. The number of amides is 1. The van der Waals surface area contributed by atoms with E-state index in [-0.39, 0.29) is 24.1 Å². The molecule has 1 saturated carbocycles. The highest BCUT2D eigenvalue weighted by atomic mass is 16.4. The zero-order valence-corrected chi connectivity index (χ0v) is 16.7. The lowest BCUT2D eigenvalue weighted by Gasteiger charge is -2.42. The number of carbonyl (C=O) groups excluding carboxylic acids is 1. The highest BCUT2D eigenvalue weighted by molar-refractivity contribution is 5.95. The van der Waals surface area contributed by atoms with Gasteiger partial charge in [0.2, 0.25) is 0 Å². The van der Waals surface area contributed by atoms with Crippen molar-refractivity contribution in [2.24, 2.45) is 5.92 Å². The van der Waals surface area contributed by atoms with Crippen molar-refractivity contribution in [1.29, 1.82) is 0 Å². The maximum Gasteiger partial charge on any atom is 0.349 e. The Labute approximate surface area is 161 Å². The lowest BCUT2D eigenvalue weighted by atomic mass is 9.83. The molecule has 1 saturated heterocycles. The molecule has 0 bridgehead atoms. The third-order valence-electron chi connectivity index (χ3n) is 5.84. The lowest BCUT2D eigenvalue weighted by Crippen LogP contribution is -2.56. The predicted octanol–water partition coefficient (Wildman–Crippen LogP) is 2.38. The first kappa shape index (κ1) is 20.1. The summed E-state index contributed by atoms with van der Waals surface area (Å²) in [7, 11) is 0. The van der Waals surface area contributed by atoms with Gasteiger partial charge >= 0.3 is 5.63 Å². The van der Waals surface area contributed by atoms with Crippen molar-refractivity contribution in [3.63, 3.8) is 0 Å². The summed E-state index contributed by atoms with van der Waals surface area (Å²) in [5, 5.41) is 9.42. The quantitative estimate of drug-likeness (QED) is 0.825.